The van der Waals surface area contributed by atoms with E-state index in [1.54, 1.807) is 0 Å². The van der Waals surface area contributed by atoms with E-state index in [-0.39, 0.29) is 27.8 Å². The molecule has 0 radical (unpaired) electrons. The average molecular weight is 373 g/mol. The van der Waals surface area contributed by atoms with E-state index in [1.807, 2.05) is 0 Å². The fourth-order valence-electron chi connectivity index (χ4n) is 1.86. The highest BCUT2D eigenvalue weighted by Gasteiger charge is 2.19. The Labute approximate surface area is 143 Å². The average Bonchev–Trinajstić information content (AvgIpc) is 2.99. The molecule has 128 valence electrons. The molecule has 0 saturated carbocycles. The van der Waals surface area contributed by atoms with Crippen molar-refractivity contribution in [2.45, 2.75) is 11.5 Å². The first-order valence-electron chi connectivity index (χ1n) is 6.55. The van der Waals surface area contributed by atoms with Gasteiger partial charge in [0.15, 0.2) is 9.84 Å². The summed E-state index contributed by atoms with van der Waals surface area (Å²) in [6.45, 7) is -0.239. The molecule has 0 saturated heterocycles. The zero-order valence-electron chi connectivity index (χ0n) is 12.7. The van der Waals surface area contributed by atoms with Crippen LogP contribution < -0.4 is 0 Å². The van der Waals surface area contributed by atoms with Crippen LogP contribution in [0.15, 0.2) is 39.8 Å². The minimum absolute atomic E-state index is 0.0110. The topological polar surface area (TPSA) is 99.9 Å². The smallest absolute Gasteiger partial charge is 0.374 e. The number of carbonyl (C=O) groups excluding carboxylic acids is 2. The van der Waals surface area contributed by atoms with Gasteiger partial charge in [-0.2, -0.15) is 0 Å². The van der Waals surface area contributed by atoms with Crippen molar-refractivity contribution in [3.05, 3.63) is 52.4 Å². The predicted molar refractivity (Wildman–Crippen MR) is 83.7 cm³/mol. The largest absolute Gasteiger partial charge is 0.463 e. The monoisotopic (exact) mass is 372 g/mol. The number of rotatable bonds is 5. The number of benzene rings is 1. The third-order valence-electron chi connectivity index (χ3n) is 3.04. The molecule has 24 heavy (non-hydrogen) atoms. The molecule has 2 aromatic rings. The van der Waals surface area contributed by atoms with E-state index in [9.17, 15) is 18.0 Å². The van der Waals surface area contributed by atoms with Gasteiger partial charge in [0.25, 0.3) is 0 Å². The molecule has 1 aromatic carbocycles. The molecule has 0 aliphatic rings. The van der Waals surface area contributed by atoms with Crippen LogP contribution in [0.5, 0.6) is 0 Å². The van der Waals surface area contributed by atoms with Crippen molar-refractivity contribution in [2.75, 3.05) is 13.4 Å². The number of halogens is 1. The van der Waals surface area contributed by atoms with Crippen molar-refractivity contribution in [1.82, 2.24) is 0 Å². The molecule has 0 spiro atoms. The number of ether oxygens (including phenoxy) is 2. The van der Waals surface area contributed by atoms with Crippen LogP contribution in [0.4, 0.5) is 0 Å². The van der Waals surface area contributed by atoms with E-state index in [4.69, 9.17) is 20.8 Å². The zero-order valence-corrected chi connectivity index (χ0v) is 14.3. The molecule has 0 unspecified atom stereocenters. The highest BCUT2D eigenvalue weighted by atomic mass is 35.5. The zero-order chi connectivity index (χ0) is 17.9. The SMILES string of the molecule is COC(=O)c1occc1COC(=O)c1ccc(Cl)c(S(C)(=O)=O)c1. The van der Waals surface area contributed by atoms with E-state index in [0.29, 0.717) is 5.56 Å². The van der Waals surface area contributed by atoms with Gasteiger partial charge in [-0.15, -0.1) is 0 Å². The van der Waals surface area contributed by atoms with Crippen LogP contribution >= 0.6 is 11.6 Å². The van der Waals surface area contributed by atoms with Gasteiger partial charge < -0.3 is 13.9 Å². The maximum Gasteiger partial charge on any atom is 0.374 e. The Hall–Kier alpha value is -2.32. The number of hydrogen-bond donors (Lipinski definition) is 0. The van der Waals surface area contributed by atoms with Crippen molar-refractivity contribution in [3.8, 4) is 0 Å². The molecule has 1 heterocycles. The molecule has 9 heteroatoms. The Bertz CT molecular complexity index is 883. The van der Waals surface area contributed by atoms with Gasteiger partial charge in [0.05, 0.1) is 28.9 Å². The number of esters is 2. The lowest BCUT2D eigenvalue weighted by Crippen LogP contribution is -2.09. The molecule has 0 N–H and O–H groups in total. The lowest BCUT2D eigenvalue weighted by molar-refractivity contribution is 0.0453. The van der Waals surface area contributed by atoms with Gasteiger partial charge in [0.2, 0.25) is 5.76 Å². The molecular formula is C15H13ClO7S. The molecule has 0 aliphatic heterocycles. The summed E-state index contributed by atoms with van der Waals surface area (Å²) in [5.74, 6) is -1.54. The van der Waals surface area contributed by atoms with Crippen LogP contribution in [0.3, 0.4) is 0 Å². The first-order chi connectivity index (χ1) is 11.2. The van der Waals surface area contributed by atoms with E-state index in [1.165, 1.54) is 31.6 Å². The molecule has 0 fully saturated rings. The Morgan fingerprint density at radius 3 is 2.54 bits per heavy atom. The molecular weight excluding hydrogens is 360 g/mol. The second kappa shape index (κ2) is 7.06. The molecule has 2 rings (SSSR count). The molecule has 0 bridgehead atoms. The second-order valence-electron chi connectivity index (χ2n) is 4.76. The third kappa shape index (κ3) is 3.95. The van der Waals surface area contributed by atoms with Crippen LogP contribution in [0, 0.1) is 0 Å². The Morgan fingerprint density at radius 2 is 1.92 bits per heavy atom. The molecule has 0 aliphatic carbocycles. The van der Waals surface area contributed by atoms with Crippen LogP contribution in [0.25, 0.3) is 0 Å². The fourth-order valence-corrected chi connectivity index (χ4v) is 3.16. The number of furan rings is 1. The van der Waals surface area contributed by atoms with Gasteiger partial charge in [0, 0.05) is 11.8 Å². The summed E-state index contributed by atoms with van der Waals surface area (Å²) in [6, 6.07) is 5.24. The van der Waals surface area contributed by atoms with Gasteiger partial charge in [-0.25, -0.2) is 18.0 Å². The number of carbonyl (C=O) groups is 2. The highest BCUT2D eigenvalue weighted by Crippen LogP contribution is 2.23. The van der Waals surface area contributed by atoms with Crippen molar-refractivity contribution in [1.29, 1.82) is 0 Å². The molecule has 7 nitrogen and oxygen atoms in total. The first kappa shape index (κ1) is 18.0. The quantitative estimate of drug-likeness (QED) is 0.743. The van der Waals surface area contributed by atoms with Crippen molar-refractivity contribution in [2.24, 2.45) is 0 Å². The standard InChI is InChI=1S/C15H13ClO7S/c1-21-15(18)13-10(5-6-22-13)8-23-14(17)9-3-4-11(16)12(7-9)24(2,19)20/h3-7H,8H2,1-2H3. The summed E-state index contributed by atoms with van der Waals surface area (Å²) in [5.41, 5.74) is 0.343. The fraction of sp³-hybridized carbons (Fsp3) is 0.200. The van der Waals surface area contributed by atoms with Crippen LogP contribution in [0.1, 0.15) is 26.5 Å². The molecule has 0 atom stereocenters. The second-order valence-corrected chi connectivity index (χ2v) is 7.15. The summed E-state index contributed by atoms with van der Waals surface area (Å²) in [7, 11) is -2.39. The van der Waals surface area contributed by atoms with Gasteiger partial charge in [-0.05, 0) is 24.3 Å². The highest BCUT2D eigenvalue weighted by molar-refractivity contribution is 7.90. The lowest BCUT2D eigenvalue weighted by Gasteiger charge is -2.07. The van der Waals surface area contributed by atoms with E-state index >= 15 is 0 Å². The van der Waals surface area contributed by atoms with Gasteiger partial charge in [-0.1, -0.05) is 11.6 Å². The predicted octanol–water partition coefficient (Wildman–Crippen LogP) is 2.48. The minimum atomic E-state index is -3.58. The van der Waals surface area contributed by atoms with E-state index in [2.05, 4.69) is 4.74 Å². The number of sulfone groups is 1. The van der Waals surface area contributed by atoms with Gasteiger partial charge >= 0.3 is 11.9 Å². The summed E-state index contributed by atoms with van der Waals surface area (Å²) < 4.78 is 37.8. The summed E-state index contributed by atoms with van der Waals surface area (Å²) in [5, 5.41) is 0.0110. The van der Waals surface area contributed by atoms with Crippen molar-refractivity contribution >= 4 is 33.4 Å². The van der Waals surface area contributed by atoms with Gasteiger partial charge in [0.1, 0.15) is 6.61 Å². The minimum Gasteiger partial charge on any atom is -0.463 e. The van der Waals surface area contributed by atoms with Crippen molar-refractivity contribution < 1.29 is 31.9 Å². The van der Waals surface area contributed by atoms with Crippen LogP contribution in [-0.2, 0) is 25.9 Å². The Morgan fingerprint density at radius 1 is 1.21 bits per heavy atom. The van der Waals surface area contributed by atoms with E-state index < -0.39 is 21.8 Å². The van der Waals surface area contributed by atoms with Crippen molar-refractivity contribution in [3.63, 3.8) is 0 Å². The maximum absolute atomic E-state index is 12.1. The molecule has 1 aromatic heterocycles. The van der Waals surface area contributed by atoms with Gasteiger partial charge in [-0.3, -0.25) is 0 Å². The number of methoxy groups -OCH3 is 1. The first-order valence-corrected chi connectivity index (χ1v) is 8.82. The maximum atomic E-state index is 12.1. The summed E-state index contributed by atoms with van der Waals surface area (Å²) >= 11 is 5.82. The lowest BCUT2D eigenvalue weighted by atomic mass is 10.2. The Balaban J connectivity index is 2.17. The normalized spacial score (nSPS) is 11.1. The Kier molecular flexibility index (Phi) is 5.30. The summed E-state index contributed by atoms with van der Waals surface area (Å²) in [6.07, 6.45) is 2.25. The van der Waals surface area contributed by atoms with Crippen LogP contribution in [-0.4, -0.2) is 33.7 Å². The number of hydrogen-bond acceptors (Lipinski definition) is 7. The summed E-state index contributed by atoms with van der Waals surface area (Å²) in [4.78, 5) is 23.4. The molecule has 0 amide bonds. The van der Waals surface area contributed by atoms with E-state index in [0.717, 1.165) is 12.3 Å². The van der Waals surface area contributed by atoms with Crippen LogP contribution in [0.2, 0.25) is 5.02 Å². The third-order valence-corrected chi connectivity index (χ3v) is 4.62.